The molecule has 0 unspecified atom stereocenters. The third-order valence-electron chi connectivity index (χ3n) is 2.69. The van der Waals surface area contributed by atoms with Crippen molar-refractivity contribution in [1.29, 1.82) is 0 Å². The summed E-state index contributed by atoms with van der Waals surface area (Å²) in [6.07, 6.45) is 0. The SMILES string of the molecule is Cc1ccc(OCc2nnc(SCC(=O)O)n2C)c(Br)c1. The van der Waals surface area contributed by atoms with Gasteiger partial charge in [-0.05, 0) is 40.5 Å². The van der Waals surface area contributed by atoms with Crippen LogP contribution in [0.3, 0.4) is 0 Å². The summed E-state index contributed by atoms with van der Waals surface area (Å²) in [5.74, 6) is 0.430. The minimum absolute atomic E-state index is 0.0453. The molecule has 0 radical (unpaired) electrons. The second-order valence-corrected chi connectivity index (χ2v) is 6.16. The highest BCUT2D eigenvalue weighted by Crippen LogP contribution is 2.26. The lowest BCUT2D eigenvalue weighted by molar-refractivity contribution is -0.133. The van der Waals surface area contributed by atoms with Gasteiger partial charge in [0.15, 0.2) is 11.0 Å². The highest BCUT2D eigenvalue weighted by atomic mass is 79.9. The second-order valence-electron chi connectivity index (χ2n) is 4.36. The van der Waals surface area contributed by atoms with Gasteiger partial charge in [-0.1, -0.05) is 17.8 Å². The van der Waals surface area contributed by atoms with Crippen LogP contribution in [-0.4, -0.2) is 31.6 Å². The van der Waals surface area contributed by atoms with E-state index in [-0.39, 0.29) is 12.4 Å². The average Bonchev–Trinajstić information content (AvgIpc) is 2.76. The van der Waals surface area contributed by atoms with Crippen LogP contribution in [0.5, 0.6) is 5.75 Å². The summed E-state index contributed by atoms with van der Waals surface area (Å²) < 4.78 is 8.31. The van der Waals surface area contributed by atoms with Gasteiger partial charge in [0.25, 0.3) is 0 Å². The van der Waals surface area contributed by atoms with E-state index in [1.807, 2.05) is 25.1 Å². The third-order valence-corrected chi connectivity index (χ3v) is 4.32. The summed E-state index contributed by atoms with van der Waals surface area (Å²) in [6, 6.07) is 5.82. The molecular weight excluding hydrogens is 358 g/mol. The molecule has 0 fully saturated rings. The topological polar surface area (TPSA) is 77.2 Å². The molecule has 2 aromatic rings. The van der Waals surface area contributed by atoms with Crippen LogP contribution in [0.2, 0.25) is 0 Å². The van der Waals surface area contributed by atoms with Crippen molar-refractivity contribution in [3.8, 4) is 5.75 Å². The molecule has 0 aliphatic heterocycles. The maximum Gasteiger partial charge on any atom is 0.313 e. The van der Waals surface area contributed by atoms with Gasteiger partial charge < -0.3 is 14.4 Å². The quantitative estimate of drug-likeness (QED) is 0.786. The number of thioether (sulfide) groups is 1. The number of halogens is 1. The number of aromatic nitrogens is 3. The maximum absolute atomic E-state index is 10.6. The molecule has 0 saturated carbocycles. The first-order valence-electron chi connectivity index (χ1n) is 6.09. The first-order valence-corrected chi connectivity index (χ1v) is 7.87. The van der Waals surface area contributed by atoms with E-state index in [0.29, 0.717) is 11.0 Å². The Morgan fingerprint density at radius 1 is 1.48 bits per heavy atom. The van der Waals surface area contributed by atoms with Crippen molar-refractivity contribution < 1.29 is 14.6 Å². The monoisotopic (exact) mass is 371 g/mol. The molecule has 0 amide bonds. The van der Waals surface area contributed by atoms with E-state index < -0.39 is 5.97 Å². The van der Waals surface area contributed by atoms with E-state index in [2.05, 4.69) is 26.1 Å². The average molecular weight is 372 g/mol. The van der Waals surface area contributed by atoms with Crippen LogP contribution in [0.15, 0.2) is 27.8 Å². The molecule has 6 nitrogen and oxygen atoms in total. The van der Waals surface area contributed by atoms with Crippen molar-refractivity contribution in [1.82, 2.24) is 14.8 Å². The molecule has 1 aromatic carbocycles. The normalized spacial score (nSPS) is 10.6. The zero-order chi connectivity index (χ0) is 15.4. The Morgan fingerprint density at radius 2 is 2.24 bits per heavy atom. The minimum atomic E-state index is -0.885. The lowest BCUT2D eigenvalue weighted by Crippen LogP contribution is -2.05. The maximum atomic E-state index is 10.6. The number of ether oxygens (including phenoxy) is 1. The summed E-state index contributed by atoms with van der Waals surface area (Å²) in [7, 11) is 1.78. The van der Waals surface area contributed by atoms with Gasteiger partial charge in [-0.25, -0.2) is 0 Å². The molecule has 2 rings (SSSR count). The van der Waals surface area contributed by atoms with E-state index in [0.717, 1.165) is 27.5 Å². The summed E-state index contributed by atoms with van der Waals surface area (Å²) >= 11 is 4.58. The molecular formula is C13H14BrN3O3S. The van der Waals surface area contributed by atoms with E-state index >= 15 is 0 Å². The molecule has 0 bridgehead atoms. The van der Waals surface area contributed by atoms with E-state index in [9.17, 15) is 4.79 Å². The number of rotatable bonds is 6. The number of carboxylic acids is 1. The van der Waals surface area contributed by atoms with Crippen LogP contribution in [-0.2, 0) is 18.4 Å². The summed E-state index contributed by atoms with van der Waals surface area (Å²) in [4.78, 5) is 10.6. The highest BCUT2D eigenvalue weighted by molar-refractivity contribution is 9.10. The molecule has 0 saturated heterocycles. The fourth-order valence-electron chi connectivity index (χ4n) is 1.59. The number of hydrogen-bond acceptors (Lipinski definition) is 5. The Hall–Kier alpha value is -1.54. The number of benzene rings is 1. The van der Waals surface area contributed by atoms with Gasteiger partial charge in [-0.2, -0.15) is 0 Å². The molecule has 1 N–H and O–H groups in total. The molecule has 8 heteroatoms. The number of aliphatic carboxylic acids is 1. The van der Waals surface area contributed by atoms with Crippen molar-refractivity contribution in [2.45, 2.75) is 18.7 Å². The second kappa shape index (κ2) is 6.95. The summed E-state index contributed by atoms with van der Waals surface area (Å²) in [5, 5.41) is 17.2. The Labute approximate surface area is 134 Å². The van der Waals surface area contributed by atoms with Gasteiger partial charge in [0.2, 0.25) is 0 Å². The molecule has 0 spiro atoms. The van der Waals surface area contributed by atoms with Crippen LogP contribution in [0.25, 0.3) is 0 Å². The Balaban J connectivity index is 2.02. The molecule has 0 aliphatic rings. The van der Waals surface area contributed by atoms with Crippen LogP contribution >= 0.6 is 27.7 Å². The largest absolute Gasteiger partial charge is 0.484 e. The number of carbonyl (C=O) groups is 1. The number of hydrogen-bond donors (Lipinski definition) is 1. The number of carboxylic acid groups (broad SMARTS) is 1. The van der Waals surface area contributed by atoms with Crippen molar-refractivity contribution >= 4 is 33.7 Å². The standard InChI is InChI=1S/C13H14BrN3O3S/c1-8-3-4-10(9(14)5-8)20-6-11-15-16-13(17(11)2)21-7-12(18)19/h3-5H,6-7H2,1-2H3,(H,18,19). The fourth-order valence-corrected chi connectivity index (χ4v) is 2.85. The Bertz CT molecular complexity index is 660. The number of nitrogens with zero attached hydrogens (tertiary/aromatic N) is 3. The van der Waals surface area contributed by atoms with Gasteiger partial charge >= 0.3 is 5.97 Å². The van der Waals surface area contributed by atoms with Crippen molar-refractivity contribution in [2.75, 3.05) is 5.75 Å². The smallest absolute Gasteiger partial charge is 0.313 e. The molecule has 0 atom stereocenters. The van der Waals surface area contributed by atoms with Gasteiger partial charge in [-0.15, -0.1) is 10.2 Å². The zero-order valence-corrected chi connectivity index (χ0v) is 13.9. The zero-order valence-electron chi connectivity index (χ0n) is 11.5. The predicted octanol–water partition coefficient (Wildman–Crippen LogP) is 2.64. The van der Waals surface area contributed by atoms with Crippen molar-refractivity contribution in [2.24, 2.45) is 7.05 Å². The predicted molar refractivity (Wildman–Crippen MR) is 82.6 cm³/mol. The first-order chi connectivity index (χ1) is 9.97. The molecule has 112 valence electrons. The lowest BCUT2D eigenvalue weighted by atomic mass is 10.2. The van der Waals surface area contributed by atoms with Crippen LogP contribution in [0, 0.1) is 6.92 Å². The van der Waals surface area contributed by atoms with Crippen molar-refractivity contribution in [3.05, 3.63) is 34.1 Å². The fraction of sp³-hybridized carbons (Fsp3) is 0.308. The highest BCUT2D eigenvalue weighted by Gasteiger charge is 2.12. The van der Waals surface area contributed by atoms with Crippen LogP contribution in [0.4, 0.5) is 0 Å². The third kappa shape index (κ3) is 4.21. The first kappa shape index (κ1) is 15.8. The van der Waals surface area contributed by atoms with E-state index in [1.165, 1.54) is 0 Å². The van der Waals surface area contributed by atoms with Gasteiger partial charge in [0.05, 0.1) is 10.2 Å². The van der Waals surface area contributed by atoms with E-state index in [4.69, 9.17) is 9.84 Å². The van der Waals surface area contributed by atoms with Gasteiger partial charge in [0.1, 0.15) is 12.4 Å². The summed E-state index contributed by atoms with van der Waals surface area (Å²) in [5.41, 5.74) is 1.14. The van der Waals surface area contributed by atoms with Crippen LogP contribution < -0.4 is 4.74 Å². The number of aryl methyl sites for hydroxylation is 1. The Morgan fingerprint density at radius 3 is 2.90 bits per heavy atom. The Kier molecular flexibility index (Phi) is 5.24. The molecule has 1 heterocycles. The molecule has 21 heavy (non-hydrogen) atoms. The van der Waals surface area contributed by atoms with E-state index in [1.54, 1.807) is 11.6 Å². The summed E-state index contributed by atoms with van der Waals surface area (Å²) in [6.45, 7) is 2.27. The molecule has 1 aromatic heterocycles. The molecule has 0 aliphatic carbocycles. The minimum Gasteiger partial charge on any atom is -0.484 e. The lowest BCUT2D eigenvalue weighted by Gasteiger charge is -2.08. The van der Waals surface area contributed by atoms with Gasteiger partial charge in [0, 0.05) is 7.05 Å². The van der Waals surface area contributed by atoms with Crippen molar-refractivity contribution in [3.63, 3.8) is 0 Å². The van der Waals surface area contributed by atoms with Gasteiger partial charge in [-0.3, -0.25) is 4.79 Å². The van der Waals surface area contributed by atoms with Crippen LogP contribution in [0.1, 0.15) is 11.4 Å².